The van der Waals surface area contributed by atoms with Gasteiger partial charge in [-0.15, -0.1) is 0 Å². The summed E-state index contributed by atoms with van der Waals surface area (Å²) in [7, 11) is 0. The number of amides is 1. The van der Waals surface area contributed by atoms with Crippen molar-refractivity contribution in [2.75, 3.05) is 0 Å². The first kappa shape index (κ1) is 15.7. The zero-order valence-corrected chi connectivity index (χ0v) is 13.6. The van der Waals surface area contributed by atoms with Gasteiger partial charge in [-0.2, -0.15) is 5.10 Å². The molecule has 7 nitrogen and oxygen atoms in total. The number of aryl methyl sites for hydroxylation is 3. The van der Waals surface area contributed by atoms with E-state index in [0.29, 0.717) is 16.8 Å². The van der Waals surface area contributed by atoms with Gasteiger partial charge in [0.05, 0.1) is 17.6 Å². The van der Waals surface area contributed by atoms with Crippen LogP contribution in [0.4, 0.5) is 0 Å². The molecular formula is C16H22N4O3. The van der Waals surface area contributed by atoms with Crippen LogP contribution in [0, 0.1) is 13.8 Å². The van der Waals surface area contributed by atoms with Crippen LogP contribution in [0.3, 0.4) is 0 Å². The molecule has 2 aromatic rings. The minimum absolute atomic E-state index is 0.0281. The fourth-order valence-corrected chi connectivity index (χ4v) is 3.25. The first-order chi connectivity index (χ1) is 11.1. The SMILES string of the molecule is Cc1nn(CCC(=O)NC2CCCCC2)c(=O)c2noc(C)c12. The minimum atomic E-state index is -0.312. The van der Waals surface area contributed by atoms with E-state index in [9.17, 15) is 9.59 Å². The fraction of sp³-hybridized carbons (Fsp3) is 0.625. The average Bonchev–Trinajstić information content (AvgIpc) is 2.93. The van der Waals surface area contributed by atoms with Crippen LogP contribution in [0.2, 0.25) is 0 Å². The van der Waals surface area contributed by atoms with Gasteiger partial charge < -0.3 is 9.84 Å². The van der Waals surface area contributed by atoms with E-state index in [-0.39, 0.29) is 36.0 Å². The van der Waals surface area contributed by atoms with Gasteiger partial charge in [0, 0.05) is 12.5 Å². The summed E-state index contributed by atoms with van der Waals surface area (Å²) in [6, 6.07) is 0.281. The molecular weight excluding hydrogens is 296 g/mol. The third-order valence-electron chi connectivity index (χ3n) is 4.45. The predicted molar refractivity (Wildman–Crippen MR) is 85.2 cm³/mol. The molecule has 1 aliphatic carbocycles. The molecule has 124 valence electrons. The largest absolute Gasteiger partial charge is 0.360 e. The summed E-state index contributed by atoms with van der Waals surface area (Å²) < 4.78 is 6.38. The number of carbonyl (C=O) groups is 1. The summed E-state index contributed by atoms with van der Waals surface area (Å²) >= 11 is 0. The number of aromatic nitrogens is 3. The molecule has 0 unspecified atom stereocenters. The van der Waals surface area contributed by atoms with Crippen LogP contribution in [-0.2, 0) is 11.3 Å². The van der Waals surface area contributed by atoms with Gasteiger partial charge in [0.15, 0.2) is 5.52 Å². The Hall–Kier alpha value is -2.18. The van der Waals surface area contributed by atoms with Gasteiger partial charge in [0.25, 0.3) is 5.56 Å². The molecule has 1 amide bonds. The maximum absolute atomic E-state index is 12.3. The van der Waals surface area contributed by atoms with Crippen LogP contribution < -0.4 is 10.9 Å². The second-order valence-corrected chi connectivity index (χ2v) is 6.23. The van der Waals surface area contributed by atoms with E-state index in [2.05, 4.69) is 15.6 Å². The second kappa shape index (κ2) is 6.52. The molecule has 0 aromatic carbocycles. The maximum Gasteiger partial charge on any atom is 0.296 e. The Morgan fingerprint density at radius 2 is 2.04 bits per heavy atom. The van der Waals surface area contributed by atoms with Crippen molar-refractivity contribution in [3.63, 3.8) is 0 Å². The Balaban J connectivity index is 1.68. The van der Waals surface area contributed by atoms with E-state index in [1.54, 1.807) is 6.92 Å². The van der Waals surface area contributed by atoms with Crippen molar-refractivity contribution in [3.8, 4) is 0 Å². The summed E-state index contributed by atoms with van der Waals surface area (Å²) in [5, 5.41) is 11.8. The standard InChI is InChI=1S/C16H22N4O3/c1-10-14-11(2)23-19-15(14)16(22)20(18-10)9-8-13(21)17-12-6-4-3-5-7-12/h12H,3-9H2,1-2H3,(H,17,21). The molecule has 2 aromatic heterocycles. The highest BCUT2D eigenvalue weighted by Gasteiger charge is 2.17. The van der Waals surface area contributed by atoms with Crippen molar-refractivity contribution in [3.05, 3.63) is 21.8 Å². The van der Waals surface area contributed by atoms with E-state index < -0.39 is 0 Å². The molecule has 0 saturated heterocycles. The zero-order valence-electron chi connectivity index (χ0n) is 13.6. The molecule has 0 radical (unpaired) electrons. The first-order valence-electron chi connectivity index (χ1n) is 8.19. The summed E-state index contributed by atoms with van der Waals surface area (Å²) in [6.07, 6.45) is 5.94. The first-order valence-corrected chi connectivity index (χ1v) is 8.19. The lowest BCUT2D eigenvalue weighted by atomic mass is 9.95. The third kappa shape index (κ3) is 3.28. The van der Waals surface area contributed by atoms with E-state index >= 15 is 0 Å². The van der Waals surface area contributed by atoms with E-state index in [4.69, 9.17) is 4.52 Å². The summed E-state index contributed by atoms with van der Waals surface area (Å²) in [5.74, 6) is 0.559. The molecule has 2 heterocycles. The molecule has 0 aliphatic heterocycles. The highest BCUT2D eigenvalue weighted by atomic mass is 16.5. The number of nitrogens with zero attached hydrogens (tertiary/aromatic N) is 3. The topological polar surface area (TPSA) is 90.0 Å². The third-order valence-corrected chi connectivity index (χ3v) is 4.45. The highest BCUT2D eigenvalue weighted by molar-refractivity contribution is 5.81. The Labute approximate surface area is 134 Å². The van der Waals surface area contributed by atoms with Gasteiger partial charge >= 0.3 is 0 Å². The van der Waals surface area contributed by atoms with Crippen molar-refractivity contribution >= 4 is 16.8 Å². The van der Waals surface area contributed by atoms with Gasteiger partial charge in [0.2, 0.25) is 5.91 Å². The average molecular weight is 318 g/mol. The molecule has 0 bridgehead atoms. The summed E-state index contributed by atoms with van der Waals surface area (Å²) in [4.78, 5) is 24.4. The molecule has 1 N–H and O–H groups in total. The lowest BCUT2D eigenvalue weighted by Gasteiger charge is -2.22. The van der Waals surface area contributed by atoms with Crippen LogP contribution in [-0.4, -0.2) is 26.9 Å². The molecule has 1 aliphatic rings. The maximum atomic E-state index is 12.3. The van der Waals surface area contributed by atoms with E-state index in [1.165, 1.54) is 23.9 Å². The second-order valence-electron chi connectivity index (χ2n) is 6.23. The summed E-state index contributed by atoms with van der Waals surface area (Å²) in [5.41, 5.74) is 0.654. The van der Waals surface area contributed by atoms with Crippen LogP contribution >= 0.6 is 0 Å². The Morgan fingerprint density at radius 1 is 1.30 bits per heavy atom. The zero-order chi connectivity index (χ0) is 16.4. The molecule has 0 atom stereocenters. The number of hydrogen-bond donors (Lipinski definition) is 1. The lowest BCUT2D eigenvalue weighted by Crippen LogP contribution is -2.37. The molecule has 7 heteroatoms. The Morgan fingerprint density at radius 3 is 2.78 bits per heavy atom. The number of nitrogens with one attached hydrogen (secondary N) is 1. The van der Waals surface area contributed by atoms with E-state index in [1.807, 2.05) is 6.92 Å². The molecule has 3 rings (SSSR count). The quantitative estimate of drug-likeness (QED) is 0.929. The monoisotopic (exact) mass is 318 g/mol. The lowest BCUT2D eigenvalue weighted by molar-refractivity contribution is -0.122. The number of carbonyl (C=O) groups excluding carboxylic acids is 1. The van der Waals surface area contributed by atoms with Crippen LogP contribution in [0.25, 0.3) is 10.9 Å². The normalized spacial score (nSPS) is 15.9. The summed E-state index contributed by atoms with van der Waals surface area (Å²) in [6.45, 7) is 3.82. The van der Waals surface area contributed by atoms with Crippen LogP contribution in [0.5, 0.6) is 0 Å². The Bertz CT molecular complexity index is 771. The van der Waals surface area contributed by atoms with Gasteiger partial charge in [-0.1, -0.05) is 24.4 Å². The molecule has 23 heavy (non-hydrogen) atoms. The van der Waals surface area contributed by atoms with Crippen molar-refractivity contribution in [2.24, 2.45) is 0 Å². The van der Waals surface area contributed by atoms with E-state index in [0.717, 1.165) is 12.8 Å². The molecule has 1 fully saturated rings. The van der Waals surface area contributed by atoms with Gasteiger partial charge in [-0.3, -0.25) is 9.59 Å². The molecule has 0 spiro atoms. The fourth-order valence-electron chi connectivity index (χ4n) is 3.25. The van der Waals surface area contributed by atoms with Crippen LogP contribution in [0.1, 0.15) is 50.0 Å². The minimum Gasteiger partial charge on any atom is -0.360 e. The van der Waals surface area contributed by atoms with Crippen molar-refractivity contribution in [2.45, 2.75) is 65.0 Å². The van der Waals surface area contributed by atoms with Crippen molar-refractivity contribution in [1.82, 2.24) is 20.3 Å². The van der Waals surface area contributed by atoms with Gasteiger partial charge in [-0.25, -0.2) is 4.68 Å². The molecule has 1 saturated carbocycles. The number of fused-ring (bicyclic) bond motifs is 1. The van der Waals surface area contributed by atoms with Crippen molar-refractivity contribution < 1.29 is 9.32 Å². The smallest absolute Gasteiger partial charge is 0.296 e. The van der Waals surface area contributed by atoms with Gasteiger partial charge in [-0.05, 0) is 26.7 Å². The van der Waals surface area contributed by atoms with Crippen LogP contribution in [0.15, 0.2) is 9.32 Å². The number of rotatable bonds is 4. The Kier molecular flexibility index (Phi) is 4.45. The van der Waals surface area contributed by atoms with Crippen molar-refractivity contribution in [1.29, 1.82) is 0 Å². The highest BCUT2D eigenvalue weighted by Crippen LogP contribution is 2.18. The predicted octanol–water partition coefficient (Wildman–Crippen LogP) is 1.84. The number of hydrogen-bond acceptors (Lipinski definition) is 5. The van der Waals surface area contributed by atoms with Gasteiger partial charge in [0.1, 0.15) is 5.76 Å².